The predicted octanol–water partition coefficient (Wildman–Crippen LogP) is 4.11. The van der Waals surface area contributed by atoms with Gasteiger partial charge in [-0.25, -0.2) is 4.98 Å². The fourth-order valence-corrected chi connectivity index (χ4v) is 3.30. The number of rotatable bonds is 14. The number of carbonyl (C=O) groups excluding carboxylic acids is 1. The molecule has 3 N–H and O–H groups in total. The Morgan fingerprint density at radius 3 is 2.62 bits per heavy atom. The molecule has 9 nitrogen and oxygen atoms in total. The number of amides is 1. The van der Waals surface area contributed by atoms with Crippen molar-refractivity contribution < 1.29 is 4.79 Å². The fourth-order valence-electron chi connectivity index (χ4n) is 3.30. The number of allylic oxidation sites excluding steroid dienone is 1. The van der Waals surface area contributed by atoms with Crippen molar-refractivity contribution in [2.24, 2.45) is 0 Å². The van der Waals surface area contributed by atoms with Crippen molar-refractivity contribution in [2.75, 3.05) is 51.4 Å². The Hall–Kier alpha value is -4.34. The highest BCUT2D eigenvalue weighted by molar-refractivity contribution is 5.81. The van der Waals surface area contributed by atoms with E-state index >= 15 is 0 Å². The lowest BCUT2D eigenvalue weighted by molar-refractivity contribution is -0.124. The molecular weight excluding hydrogens is 488 g/mol. The monoisotopic (exact) mass is 528 g/mol. The van der Waals surface area contributed by atoms with Crippen LogP contribution in [0.15, 0.2) is 54.9 Å². The largest absolute Gasteiger partial charge is 0.369 e. The van der Waals surface area contributed by atoms with Gasteiger partial charge in [0.1, 0.15) is 11.9 Å². The summed E-state index contributed by atoms with van der Waals surface area (Å²) in [5, 5.41) is 18.4. The molecule has 2 aromatic rings. The number of benzene rings is 1. The maximum absolute atomic E-state index is 12.6. The summed E-state index contributed by atoms with van der Waals surface area (Å²) in [4.78, 5) is 25.5. The van der Waals surface area contributed by atoms with Gasteiger partial charge < -0.3 is 25.8 Å². The van der Waals surface area contributed by atoms with Crippen LogP contribution < -0.4 is 16.0 Å². The highest BCUT2D eigenvalue weighted by atomic mass is 16.2. The Morgan fingerprint density at radius 2 is 1.95 bits per heavy atom. The molecule has 0 bridgehead atoms. The molecule has 0 aliphatic carbocycles. The molecule has 39 heavy (non-hydrogen) atoms. The van der Waals surface area contributed by atoms with E-state index in [0.29, 0.717) is 35.9 Å². The van der Waals surface area contributed by atoms with Gasteiger partial charge in [-0.2, -0.15) is 10.2 Å². The number of hydrogen-bond acceptors (Lipinski definition) is 8. The number of carbonyl (C=O) groups is 1. The summed E-state index contributed by atoms with van der Waals surface area (Å²) < 4.78 is 0. The van der Waals surface area contributed by atoms with Crippen molar-refractivity contribution in [2.45, 2.75) is 39.2 Å². The molecule has 1 aromatic heterocycles. The van der Waals surface area contributed by atoms with E-state index in [4.69, 9.17) is 5.26 Å². The molecule has 0 fully saturated rings. The SMILES string of the molecule is C=C(/C=C/CN(C)C)N(C)[C@@H](C)C(=O)NCCCC#Cc1cnc(Nc2ccc(C#N)cc2)nc1NCCC. The highest BCUT2D eigenvalue weighted by Gasteiger charge is 2.17. The standard InChI is InChI=1S/C30H40N8O/c1-7-18-32-28-26(22-34-30(36-28)35-27-16-14-25(21-31)15-17-27)13-9-8-10-19-33-29(39)24(3)38(6)23(2)12-11-20-37(4)5/h11-12,14-17,22,24H,2,7-8,10,18-20H2,1,3-6H3,(H,33,39)(H2,32,34,35,36)/b12-11+/t24-/m0/s1. The minimum atomic E-state index is -0.326. The van der Waals surface area contributed by atoms with Crippen molar-refractivity contribution in [1.82, 2.24) is 25.1 Å². The molecule has 2 rings (SSSR count). The summed E-state index contributed by atoms with van der Waals surface area (Å²) in [5.74, 6) is 7.39. The molecular formula is C30H40N8O. The number of aromatic nitrogens is 2. The van der Waals surface area contributed by atoms with Crippen LogP contribution in [-0.2, 0) is 4.79 Å². The molecule has 1 amide bonds. The van der Waals surface area contributed by atoms with E-state index < -0.39 is 0 Å². The van der Waals surface area contributed by atoms with Gasteiger partial charge in [-0.3, -0.25) is 4.79 Å². The highest BCUT2D eigenvalue weighted by Crippen LogP contribution is 2.18. The molecule has 0 spiro atoms. The van der Waals surface area contributed by atoms with E-state index in [9.17, 15) is 4.79 Å². The Kier molecular flexibility index (Phi) is 13.1. The number of likely N-dealkylation sites (N-methyl/N-ethyl adjacent to an activating group) is 2. The minimum Gasteiger partial charge on any atom is -0.369 e. The smallest absolute Gasteiger partial charge is 0.242 e. The van der Waals surface area contributed by atoms with Crippen LogP contribution in [0.3, 0.4) is 0 Å². The summed E-state index contributed by atoms with van der Waals surface area (Å²) in [6.45, 7) is 10.1. The maximum Gasteiger partial charge on any atom is 0.242 e. The zero-order valence-electron chi connectivity index (χ0n) is 23.7. The Balaban J connectivity index is 1.88. The van der Waals surface area contributed by atoms with Gasteiger partial charge in [-0.1, -0.05) is 31.4 Å². The summed E-state index contributed by atoms with van der Waals surface area (Å²) in [7, 11) is 5.87. The predicted molar refractivity (Wildman–Crippen MR) is 158 cm³/mol. The lowest BCUT2D eigenvalue weighted by Gasteiger charge is -2.26. The third kappa shape index (κ3) is 10.9. The number of unbranched alkanes of at least 4 members (excludes halogenated alkanes) is 1. The number of nitrogens with one attached hydrogen (secondary N) is 3. The van der Waals surface area contributed by atoms with Crippen LogP contribution in [0.4, 0.5) is 17.5 Å². The first-order valence-electron chi connectivity index (χ1n) is 13.1. The minimum absolute atomic E-state index is 0.0441. The van der Waals surface area contributed by atoms with E-state index in [1.54, 1.807) is 18.3 Å². The van der Waals surface area contributed by atoms with Gasteiger partial charge in [-0.05, 0) is 64.2 Å². The van der Waals surface area contributed by atoms with Crippen LogP contribution in [0.2, 0.25) is 0 Å². The van der Waals surface area contributed by atoms with Crippen molar-refractivity contribution in [3.63, 3.8) is 0 Å². The molecule has 1 heterocycles. The molecule has 9 heteroatoms. The third-order valence-electron chi connectivity index (χ3n) is 5.80. The molecule has 0 unspecified atom stereocenters. The van der Waals surface area contributed by atoms with Crippen molar-refractivity contribution in [1.29, 1.82) is 5.26 Å². The molecule has 0 saturated heterocycles. The summed E-state index contributed by atoms with van der Waals surface area (Å²) >= 11 is 0. The molecule has 0 aliphatic heterocycles. The number of hydrogen-bond donors (Lipinski definition) is 3. The average Bonchev–Trinajstić information content (AvgIpc) is 2.93. The number of nitrogens with zero attached hydrogens (tertiary/aromatic N) is 5. The van der Waals surface area contributed by atoms with Crippen molar-refractivity contribution >= 4 is 23.4 Å². The Labute approximate surface area is 233 Å². The first kappa shape index (κ1) is 30.9. The van der Waals surface area contributed by atoms with Crippen LogP contribution >= 0.6 is 0 Å². The van der Waals surface area contributed by atoms with E-state index in [-0.39, 0.29) is 11.9 Å². The third-order valence-corrected chi connectivity index (χ3v) is 5.80. The second-order valence-electron chi connectivity index (χ2n) is 9.34. The molecule has 1 aromatic carbocycles. The molecule has 206 valence electrons. The summed E-state index contributed by atoms with van der Waals surface area (Å²) in [6, 6.07) is 8.88. The van der Waals surface area contributed by atoms with Gasteiger partial charge in [-0.15, -0.1) is 0 Å². The van der Waals surface area contributed by atoms with Gasteiger partial charge in [0, 0.05) is 44.5 Å². The van der Waals surface area contributed by atoms with E-state index in [1.165, 1.54) is 0 Å². The van der Waals surface area contributed by atoms with Crippen molar-refractivity contribution in [3.05, 3.63) is 66.0 Å². The number of anilines is 3. The topological polar surface area (TPSA) is 109 Å². The quantitative estimate of drug-likeness (QED) is 0.191. The first-order valence-corrected chi connectivity index (χ1v) is 13.1. The van der Waals surface area contributed by atoms with Crippen LogP contribution in [0.1, 0.15) is 44.2 Å². The second kappa shape index (κ2) is 16.5. The summed E-state index contributed by atoms with van der Waals surface area (Å²) in [5.41, 5.74) is 2.89. The Bertz CT molecular complexity index is 1220. The fraction of sp³-hybridized carbons (Fsp3) is 0.400. The van der Waals surface area contributed by atoms with E-state index in [0.717, 1.165) is 37.3 Å². The lowest BCUT2D eigenvalue weighted by Crippen LogP contribution is -2.42. The number of nitriles is 1. The van der Waals surface area contributed by atoms with Crippen molar-refractivity contribution in [3.8, 4) is 17.9 Å². The first-order chi connectivity index (χ1) is 18.7. The van der Waals surface area contributed by atoms with Crippen LogP contribution in [0.5, 0.6) is 0 Å². The molecule has 1 atom stereocenters. The average molecular weight is 529 g/mol. The normalized spacial score (nSPS) is 11.3. The van der Waals surface area contributed by atoms with Gasteiger partial charge in [0.15, 0.2) is 0 Å². The molecule has 0 radical (unpaired) electrons. The van der Waals surface area contributed by atoms with E-state index in [2.05, 4.69) is 62.2 Å². The molecule has 0 aliphatic rings. The maximum atomic E-state index is 12.6. The lowest BCUT2D eigenvalue weighted by atomic mass is 10.2. The summed E-state index contributed by atoms with van der Waals surface area (Å²) in [6.07, 6.45) is 7.96. The molecule has 0 saturated carbocycles. The van der Waals surface area contributed by atoms with Crippen LogP contribution in [0.25, 0.3) is 0 Å². The zero-order valence-corrected chi connectivity index (χ0v) is 23.7. The van der Waals surface area contributed by atoms with Gasteiger partial charge in [0.05, 0.1) is 23.4 Å². The van der Waals surface area contributed by atoms with Crippen LogP contribution in [0, 0.1) is 23.2 Å². The second-order valence-corrected chi connectivity index (χ2v) is 9.34. The van der Waals surface area contributed by atoms with Gasteiger partial charge in [0.2, 0.25) is 11.9 Å². The van der Waals surface area contributed by atoms with Gasteiger partial charge >= 0.3 is 0 Å². The zero-order chi connectivity index (χ0) is 28.6. The van der Waals surface area contributed by atoms with E-state index in [1.807, 2.05) is 57.3 Å². The Morgan fingerprint density at radius 1 is 1.21 bits per heavy atom. The van der Waals surface area contributed by atoms with Crippen LogP contribution in [-0.4, -0.2) is 72.5 Å². The van der Waals surface area contributed by atoms with Gasteiger partial charge in [0.25, 0.3) is 0 Å².